The number of hydrogen-bond donors (Lipinski definition) is 1. The minimum absolute atomic E-state index is 0.157. The molecule has 0 aliphatic rings. The summed E-state index contributed by atoms with van der Waals surface area (Å²) in [7, 11) is 3.05. The Morgan fingerprint density at radius 2 is 1.38 bits per heavy atom. The highest BCUT2D eigenvalue weighted by molar-refractivity contribution is 7.15. The third-order valence-electron chi connectivity index (χ3n) is 5.84. The molecule has 1 aromatic heterocycles. The molecule has 0 unspecified atom stereocenters. The van der Waals surface area contributed by atoms with Crippen molar-refractivity contribution in [2.75, 3.05) is 26.1 Å². The number of Topliss-reactive ketones (excluding diaryl/α,β-unsaturated/α-hetero) is 2. The van der Waals surface area contributed by atoms with Crippen LogP contribution in [0.3, 0.4) is 0 Å². The van der Waals surface area contributed by atoms with Crippen LogP contribution in [0.25, 0.3) is 11.1 Å². The van der Waals surface area contributed by atoms with Gasteiger partial charge in [-0.1, -0.05) is 48.5 Å². The molecule has 39 heavy (non-hydrogen) atoms. The molecule has 198 valence electrons. The van der Waals surface area contributed by atoms with Crippen LogP contribution >= 0.6 is 11.3 Å². The number of carbonyl (C=O) groups excluding carboxylic acids is 4. The molecule has 0 saturated heterocycles. The summed E-state index contributed by atoms with van der Waals surface area (Å²) in [6, 6.07) is 19.3. The van der Waals surface area contributed by atoms with Gasteiger partial charge >= 0.3 is 5.97 Å². The lowest BCUT2D eigenvalue weighted by Crippen LogP contribution is -2.16. The van der Waals surface area contributed by atoms with Crippen LogP contribution in [0.4, 0.5) is 5.00 Å². The van der Waals surface area contributed by atoms with Crippen LogP contribution < -0.4 is 14.8 Å². The summed E-state index contributed by atoms with van der Waals surface area (Å²) in [5.74, 6) is -1.35. The second-order valence-electron chi connectivity index (χ2n) is 8.20. The Hall–Kier alpha value is -4.76. The minimum Gasteiger partial charge on any atom is -0.493 e. The van der Waals surface area contributed by atoms with Gasteiger partial charge in [0, 0.05) is 27.6 Å². The van der Waals surface area contributed by atoms with E-state index in [4.69, 9.17) is 14.2 Å². The zero-order valence-electron chi connectivity index (χ0n) is 21.5. The molecule has 0 spiro atoms. The van der Waals surface area contributed by atoms with Gasteiger partial charge in [-0.25, -0.2) is 4.79 Å². The van der Waals surface area contributed by atoms with Gasteiger partial charge in [0.05, 0.1) is 20.8 Å². The zero-order chi connectivity index (χ0) is 27.9. The summed E-state index contributed by atoms with van der Waals surface area (Å²) < 4.78 is 16.0. The Kier molecular flexibility index (Phi) is 8.53. The van der Waals surface area contributed by atoms with E-state index in [-0.39, 0.29) is 23.3 Å². The highest BCUT2D eigenvalue weighted by atomic mass is 32.1. The molecular formula is C30H25NO7S. The van der Waals surface area contributed by atoms with Gasteiger partial charge < -0.3 is 19.5 Å². The minimum atomic E-state index is -0.671. The number of benzene rings is 3. The Labute approximate surface area is 229 Å². The summed E-state index contributed by atoms with van der Waals surface area (Å²) in [5.41, 5.74) is 2.16. The number of anilines is 1. The average Bonchev–Trinajstić information content (AvgIpc) is 3.40. The van der Waals surface area contributed by atoms with Crippen LogP contribution in [0.1, 0.15) is 48.4 Å². The number of methoxy groups -OCH3 is 2. The van der Waals surface area contributed by atoms with Crippen LogP contribution in [0.2, 0.25) is 0 Å². The second kappa shape index (κ2) is 12.2. The van der Waals surface area contributed by atoms with Crippen molar-refractivity contribution in [2.45, 2.75) is 6.92 Å². The van der Waals surface area contributed by atoms with Crippen molar-refractivity contribution in [3.63, 3.8) is 0 Å². The molecule has 1 amide bonds. The average molecular weight is 544 g/mol. The molecule has 0 radical (unpaired) electrons. The lowest BCUT2D eigenvalue weighted by atomic mass is 10.0. The predicted molar refractivity (Wildman–Crippen MR) is 148 cm³/mol. The topological polar surface area (TPSA) is 108 Å². The van der Waals surface area contributed by atoms with E-state index in [0.29, 0.717) is 33.2 Å². The van der Waals surface area contributed by atoms with Crippen LogP contribution in [0.5, 0.6) is 11.5 Å². The number of rotatable bonds is 10. The zero-order valence-corrected chi connectivity index (χ0v) is 22.3. The molecular weight excluding hydrogens is 518 g/mol. The number of ketones is 2. The van der Waals surface area contributed by atoms with E-state index in [1.165, 1.54) is 49.8 Å². The number of carbonyl (C=O) groups is 4. The fraction of sp³-hybridized carbons (Fsp3) is 0.133. The van der Waals surface area contributed by atoms with Crippen molar-refractivity contribution >= 4 is 39.8 Å². The molecule has 0 fully saturated rings. The quantitative estimate of drug-likeness (QED) is 0.150. The van der Waals surface area contributed by atoms with E-state index >= 15 is 0 Å². The highest BCUT2D eigenvalue weighted by Gasteiger charge is 2.24. The van der Waals surface area contributed by atoms with E-state index in [0.717, 1.165) is 0 Å². The van der Waals surface area contributed by atoms with E-state index in [1.807, 2.05) is 0 Å². The largest absolute Gasteiger partial charge is 0.493 e. The first-order valence-electron chi connectivity index (χ1n) is 11.9. The molecule has 4 rings (SSSR count). The smallest absolute Gasteiger partial charge is 0.341 e. The second-order valence-corrected chi connectivity index (χ2v) is 9.08. The third kappa shape index (κ3) is 5.89. The van der Waals surface area contributed by atoms with Gasteiger partial charge in [-0.15, -0.1) is 11.3 Å². The summed E-state index contributed by atoms with van der Waals surface area (Å²) in [6.45, 7) is 1.86. The van der Waals surface area contributed by atoms with E-state index in [1.54, 1.807) is 60.8 Å². The fourth-order valence-electron chi connectivity index (χ4n) is 3.87. The van der Waals surface area contributed by atoms with Gasteiger partial charge in [0.1, 0.15) is 10.6 Å². The SMILES string of the molecule is CCOC(=O)c1c(-c2ccc(OC)c(OC)c2)csc1NC(=O)c1ccc(C(=O)C(=O)c2ccccc2)cc1. The standard InChI is InChI=1S/C30H25NO7S/c1-4-38-30(35)25-22(21-14-15-23(36-2)24(16-21)37-3)17-39-29(25)31-28(34)20-12-10-19(11-13-20)27(33)26(32)18-8-6-5-7-9-18/h5-17H,4H2,1-3H3,(H,31,34). The molecule has 0 atom stereocenters. The first kappa shape index (κ1) is 27.3. The number of esters is 1. The maximum absolute atomic E-state index is 13.1. The van der Waals surface area contributed by atoms with E-state index in [2.05, 4.69) is 5.32 Å². The molecule has 3 aromatic carbocycles. The van der Waals surface area contributed by atoms with Gasteiger partial charge in [-0.2, -0.15) is 0 Å². The van der Waals surface area contributed by atoms with Crippen molar-refractivity contribution in [2.24, 2.45) is 0 Å². The first-order chi connectivity index (χ1) is 18.9. The maximum Gasteiger partial charge on any atom is 0.341 e. The van der Waals surface area contributed by atoms with Crippen molar-refractivity contribution in [1.82, 2.24) is 0 Å². The molecule has 0 aliphatic heterocycles. The highest BCUT2D eigenvalue weighted by Crippen LogP contribution is 2.39. The van der Waals surface area contributed by atoms with E-state index < -0.39 is 23.4 Å². The number of thiophene rings is 1. The Morgan fingerprint density at radius 3 is 2.00 bits per heavy atom. The monoisotopic (exact) mass is 543 g/mol. The molecule has 0 bridgehead atoms. The van der Waals surface area contributed by atoms with Crippen LogP contribution in [-0.4, -0.2) is 44.3 Å². The van der Waals surface area contributed by atoms with Crippen molar-refractivity contribution in [3.8, 4) is 22.6 Å². The van der Waals surface area contributed by atoms with Crippen LogP contribution in [0, 0.1) is 0 Å². The lowest BCUT2D eigenvalue weighted by Gasteiger charge is -2.11. The van der Waals surface area contributed by atoms with Crippen molar-refractivity contribution in [3.05, 3.63) is 100 Å². The molecule has 1 N–H and O–H groups in total. The van der Waals surface area contributed by atoms with Crippen molar-refractivity contribution in [1.29, 1.82) is 0 Å². The van der Waals surface area contributed by atoms with Gasteiger partial charge in [0.15, 0.2) is 11.5 Å². The maximum atomic E-state index is 13.1. The van der Waals surface area contributed by atoms with E-state index in [9.17, 15) is 19.2 Å². The molecule has 4 aromatic rings. The number of hydrogen-bond acceptors (Lipinski definition) is 8. The number of nitrogens with one attached hydrogen (secondary N) is 1. The first-order valence-corrected chi connectivity index (χ1v) is 12.8. The number of amides is 1. The molecule has 9 heteroatoms. The number of ether oxygens (including phenoxy) is 3. The normalized spacial score (nSPS) is 10.4. The summed E-state index contributed by atoms with van der Waals surface area (Å²) in [6.07, 6.45) is 0. The summed E-state index contributed by atoms with van der Waals surface area (Å²) >= 11 is 1.18. The van der Waals surface area contributed by atoms with Gasteiger partial charge in [-0.05, 0) is 36.8 Å². The molecule has 8 nitrogen and oxygen atoms in total. The Balaban J connectivity index is 1.59. The molecule has 0 aliphatic carbocycles. The van der Waals surface area contributed by atoms with Crippen LogP contribution in [-0.2, 0) is 4.74 Å². The Morgan fingerprint density at radius 1 is 0.769 bits per heavy atom. The Bertz CT molecular complexity index is 1520. The van der Waals surface area contributed by atoms with Crippen LogP contribution in [0.15, 0.2) is 78.2 Å². The van der Waals surface area contributed by atoms with Crippen molar-refractivity contribution < 1.29 is 33.4 Å². The lowest BCUT2D eigenvalue weighted by molar-refractivity contribution is 0.0529. The molecule has 0 saturated carbocycles. The van der Waals surface area contributed by atoms with Gasteiger partial charge in [0.25, 0.3) is 5.91 Å². The summed E-state index contributed by atoms with van der Waals surface area (Å²) in [5, 5.41) is 4.83. The van der Waals surface area contributed by atoms with Gasteiger partial charge in [0.2, 0.25) is 11.6 Å². The predicted octanol–water partition coefficient (Wildman–Crippen LogP) is 5.93. The third-order valence-corrected chi connectivity index (χ3v) is 6.74. The fourth-order valence-corrected chi connectivity index (χ4v) is 4.82. The molecule has 1 heterocycles. The van der Waals surface area contributed by atoms with Gasteiger partial charge in [-0.3, -0.25) is 14.4 Å². The summed E-state index contributed by atoms with van der Waals surface area (Å²) in [4.78, 5) is 51.1.